The summed E-state index contributed by atoms with van der Waals surface area (Å²) >= 11 is 36.1. The summed E-state index contributed by atoms with van der Waals surface area (Å²) in [6.07, 6.45) is -0.160. The summed E-state index contributed by atoms with van der Waals surface area (Å²) in [4.78, 5) is 7.02. The molecule has 0 spiro atoms. The lowest BCUT2D eigenvalue weighted by molar-refractivity contribution is -0.524. The van der Waals surface area contributed by atoms with Gasteiger partial charge in [0, 0.05) is 11.3 Å². The van der Waals surface area contributed by atoms with Crippen LogP contribution in [0.25, 0.3) is 0 Å². The maximum absolute atomic E-state index is 10.9. The van der Waals surface area contributed by atoms with E-state index >= 15 is 0 Å². The number of nitrogens with zero attached hydrogens (tertiary/aromatic N) is 1. The van der Waals surface area contributed by atoms with E-state index in [4.69, 9.17) is 69.6 Å². The highest BCUT2D eigenvalue weighted by Gasteiger charge is 2.82. The van der Waals surface area contributed by atoms with Crippen molar-refractivity contribution in [2.75, 3.05) is 0 Å². The van der Waals surface area contributed by atoms with Gasteiger partial charge in [0.1, 0.15) is 4.87 Å². The van der Waals surface area contributed by atoms with Crippen molar-refractivity contribution in [2.45, 2.75) is 26.5 Å². The van der Waals surface area contributed by atoms with E-state index in [9.17, 15) is 10.1 Å². The van der Waals surface area contributed by atoms with E-state index in [0.717, 1.165) is 0 Å². The zero-order valence-electron chi connectivity index (χ0n) is 7.32. The molecular formula is C7H3Cl6NO2. The van der Waals surface area contributed by atoms with Crippen molar-refractivity contribution < 1.29 is 4.92 Å². The molecule has 3 nitrogen and oxygen atoms in total. The van der Waals surface area contributed by atoms with Gasteiger partial charge in [-0.15, -0.1) is 23.2 Å². The second-order valence-electron chi connectivity index (χ2n) is 3.72. The zero-order valence-corrected chi connectivity index (χ0v) is 11.9. The van der Waals surface area contributed by atoms with Crippen LogP contribution in [0.15, 0.2) is 10.1 Å². The summed E-state index contributed by atoms with van der Waals surface area (Å²) in [5, 5.41) is 10.7. The summed E-state index contributed by atoms with van der Waals surface area (Å²) in [5.74, 6) is 0. The first kappa shape index (κ1) is 13.3. The average Bonchev–Trinajstić information content (AvgIpc) is 2.39. The van der Waals surface area contributed by atoms with E-state index in [-0.39, 0.29) is 16.5 Å². The molecule has 2 bridgehead atoms. The largest absolute Gasteiger partial charge is 0.264 e. The zero-order chi connectivity index (χ0) is 12.5. The Balaban J connectivity index is 2.69. The summed E-state index contributed by atoms with van der Waals surface area (Å²) in [6, 6.07) is -1.27. The van der Waals surface area contributed by atoms with Gasteiger partial charge < -0.3 is 0 Å². The molecule has 0 amide bonds. The molecule has 16 heavy (non-hydrogen) atoms. The quantitative estimate of drug-likeness (QED) is 0.411. The van der Waals surface area contributed by atoms with Crippen molar-refractivity contribution in [3.05, 3.63) is 20.2 Å². The van der Waals surface area contributed by atoms with Gasteiger partial charge in [-0.1, -0.05) is 46.4 Å². The van der Waals surface area contributed by atoms with Crippen LogP contribution in [-0.2, 0) is 0 Å². The molecule has 1 saturated carbocycles. The van der Waals surface area contributed by atoms with Crippen LogP contribution in [0.5, 0.6) is 0 Å². The van der Waals surface area contributed by atoms with Crippen molar-refractivity contribution in [1.29, 1.82) is 0 Å². The number of rotatable bonds is 1. The van der Waals surface area contributed by atoms with E-state index in [0.29, 0.717) is 0 Å². The molecule has 1 fully saturated rings. The molecule has 0 N–H and O–H groups in total. The van der Waals surface area contributed by atoms with Gasteiger partial charge in [-0.05, 0) is 0 Å². The molecule has 2 aliphatic rings. The highest BCUT2D eigenvalue weighted by molar-refractivity contribution is 6.65. The molecule has 0 radical (unpaired) electrons. The summed E-state index contributed by atoms with van der Waals surface area (Å²) < 4.78 is -1.81. The molecular weight excluding hydrogens is 343 g/mol. The predicted octanol–water partition coefficient (Wildman–Crippen LogP) is 3.87. The number of hydrogen-bond donors (Lipinski definition) is 0. The average molecular weight is 346 g/mol. The molecule has 0 aromatic carbocycles. The lowest BCUT2D eigenvalue weighted by atomic mass is 10.0. The molecule has 9 heteroatoms. The van der Waals surface area contributed by atoms with Crippen LogP contribution in [-0.4, -0.2) is 25.0 Å². The maximum Gasteiger partial charge on any atom is 0.242 e. The maximum atomic E-state index is 10.9. The third kappa shape index (κ3) is 1.15. The first-order chi connectivity index (χ1) is 7.10. The number of hydrogen-bond acceptors (Lipinski definition) is 2. The molecule has 2 aliphatic carbocycles. The number of allylic oxidation sites excluding steroid dienone is 1. The second kappa shape index (κ2) is 3.46. The fourth-order valence-electron chi connectivity index (χ4n) is 2.10. The summed E-state index contributed by atoms with van der Waals surface area (Å²) in [7, 11) is 0. The van der Waals surface area contributed by atoms with Crippen LogP contribution in [0.1, 0.15) is 6.42 Å². The summed E-state index contributed by atoms with van der Waals surface area (Å²) in [6.45, 7) is 0. The van der Waals surface area contributed by atoms with E-state index in [1.54, 1.807) is 0 Å². The molecule has 0 aromatic rings. The first-order valence-corrected chi connectivity index (χ1v) is 6.33. The number of nitro groups is 1. The molecule has 0 aromatic heterocycles. The van der Waals surface area contributed by atoms with E-state index < -0.39 is 25.0 Å². The lowest BCUT2D eigenvalue weighted by Crippen LogP contribution is -2.48. The number of halogens is 6. The Labute approximate surface area is 121 Å². The highest BCUT2D eigenvalue weighted by Crippen LogP contribution is 2.72. The Morgan fingerprint density at radius 2 is 1.69 bits per heavy atom. The van der Waals surface area contributed by atoms with E-state index in [1.807, 2.05) is 0 Å². The van der Waals surface area contributed by atoms with Gasteiger partial charge in [-0.2, -0.15) is 0 Å². The molecule has 3 atom stereocenters. The van der Waals surface area contributed by atoms with Crippen LogP contribution >= 0.6 is 69.6 Å². The highest BCUT2D eigenvalue weighted by atomic mass is 35.5. The van der Waals surface area contributed by atoms with Gasteiger partial charge in [0.15, 0.2) is 9.21 Å². The molecule has 0 aliphatic heterocycles. The molecule has 0 heterocycles. The van der Waals surface area contributed by atoms with Crippen molar-refractivity contribution in [3.63, 3.8) is 0 Å². The Hall–Kier alpha value is 0.880. The second-order valence-corrected chi connectivity index (χ2v) is 7.05. The summed E-state index contributed by atoms with van der Waals surface area (Å²) in [5.41, 5.74) is 0. The minimum absolute atomic E-state index is 0.0195. The molecule has 0 unspecified atom stereocenters. The Kier molecular flexibility index (Phi) is 2.88. The van der Waals surface area contributed by atoms with Crippen LogP contribution in [0.3, 0.4) is 0 Å². The van der Waals surface area contributed by atoms with Crippen molar-refractivity contribution in [3.8, 4) is 0 Å². The third-order valence-corrected chi connectivity index (χ3v) is 7.27. The van der Waals surface area contributed by atoms with E-state index in [2.05, 4.69) is 0 Å². The van der Waals surface area contributed by atoms with Gasteiger partial charge in [0.25, 0.3) is 0 Å². The van der Waals surface area contributed by atoms with Gasteiger partial charge >= 0.3 is 0 Å². The molecule has 0 saturated heterocycles. The lowest BCUT2D eigenvalue weighted by Gasteiger charge is -2.30. The van der Waals surface area contributed by atoms with E-state index in [1.165, 1.54) is 0 Å². The number of alkyl halides is 4. The van der Waals surface area contributed by atoms with Gasteiger partial charge in [0.2, 0.25) is 6.04 Å². The number of fused-ring (bicyclic) bond motifs is 2. The minimum atomic E-state index is -1.81. The van der Waals surface area contributed by atoms with Crippen LogP contribution in [0.4, 0.5) is 0 Å². The van der Waals surface area contributed by atoms with Gasteiger partial charge in [-0.3, -0.25) is 10.1 Å². The van der Waals surface area contributed by atoms with Crippen LogP contribution in [0.2, 0.25) is 0 Å². The van der Waals surface area contributed by atoms with Crippen LogP contribution in [0, 0.1) is 10.1 Å². The SMILES string of the molecule is O=[N+]([O-])[C@H]1C[C@]2(Cl)C(Cl)=C(Cl)[C@@]1(Cl)C2(Cl)Cl. The van der Waals surface area contributed by atoms with Crippen molar-refractivity contribution in [2.24, 2.45) is 0 Å². The smallest absolute Gasteiger partial charge is 0.242 e. The standard InChI is InChI=1S/C7H3Cl6NO2/c8-3-4(9)6(11)2(14(15)16)1-5(3,10)7(6,12)13/h2H,1H2/t2-,5-,6+/m0/s1. The Morgan fingerprint density at radius 1 is 1.19 bits per heavy atom. The monoisotopic (exact) mass is 343 g/mol. The minimum Gasteiger partial charge on any atom is -0.264 e. The van der Waals surface area contributed by atoms with Crippen molar-refractivity contribution >= 4 is 69.6 Å². The Morgan fingerprint density at radius 3 is 2.00 bits per heavy atom. The predicted molar refractivity (Wildman–Crippen MR) is 65.7 cm³/mol. The third-order valence-electron chi connectivity index (χ3n) is 3.00. The van der Waals surface area contributed by atoms with Crippen molar-refractivity contribution in [1.82, 2.24) is 0 Å². The Bertz CT molecular complexity index is 423. The first-order valence-electron chi connectivity index (χ1n) is 4.06. The molecule has 2 rings (SSSR count). The normalized spacial score (nSPS) is 45.2. The fourth-order valence-corrected chi connectivity index (χ4v) is 4.82. The van der Waals surface area contributed by atoms with Gasteiger partial charge in [-0.25, -0.2) is 0 Å². The topological polar surface area (TPSA) is 43.1 Å². The van der Waals surface area contributed by atoms with Crippen LogP contribution < -0.4 is 0 Å². The van der Waals surface area contributed by atoms with Gasteiger partial charge in [0.05, 0.1) is 10.1 Å². The molecule has 90 valence electrons. The fraction of sp³-hybridized carbons (Fsp3) is 0.714.